The van der Waals surface area contributed by atoms with Crippen molar-refractivity contribution in [2.24, 2.45) is 0 Å². The topological polar surface area (TPSA) is 33.4 Å². The molecule has 2 aromatic carbocycles. The second kappa shape index (κ2) is 4.90. The standard InChI is InChI=1S/C17H16O2/c1-12(18)17-11-15-10-14(7-8-16(15)19-17)9-13-5-3-2-4-6-13/h2-8,10-12,18H,9H2,1H3. The van der Waals surface area contributed by atoms with Crippen LogP contribution in [0.5, 0.6) is 0 Å². The van der Waals surface area contributed by atoms with E-state index in [0.717, 1.165) is 17.4 Å². The van der Waals surface area contributed by atoms with Gasteiger partial charge in [-0.2, -0.15) is 0 Å². The summed E-state index contributed by atoms with van der Waals surface area (Å²) in [6.45, 7) is 1.71. The predicted octanol–water partition coefficient (Wildman–Crippen LogP) is 4.08. The molecule has 2 heteroatoms. The lowest BCUT2D eigenvalue weighted by molar-refractivity contribution is 0.172. The van der Waals surface area contributed by atoms with Crippen molar-refractivity contribution in [3.05, 3.63) is 71.5 Å². The molecule has 1 N–H and O–H groups in total. The molecule has 1 aromatic heterocycles. The third kappa shape index (κ3) is 2.54. The predicted molar refractivity (Wildman–Crippen MR) is 76.1 cm³/mol. The Balaban J connectivity index is 1.93. The van der Waals surface area contributed by atoms with Gasteiger partial charge in [-0.3, -0.25) is 0 Å². The van der Waals surface area contributed by atoms with E-state index < -0.39 is 6.10 Å². The van der Waals surface area contributed by atoms with E-state index in [9.17, 15) is 5.11 Å². The Morgan fingerprint density at radius 1 is 1.00 bits per heavy atom. The number of hydrogen-bond donors (Lipinski definition) is 1. The van der Waals surface area contributed by atoms with Crippen LogP contribution in [-0.4, -0.2) is 5.11 Å². The molecule has 0 aliphatic heterocycles. The van der Waals surface area contributed by atoms with Crippen LogP contribution >= 0.6 is 0 Å². The third-order valence-corrected chi connectivity index (χ3v) is 3.26. The summed E-state index contributed by atoms with van der Waals surface area (Å²) in [7, 11) is 0. The molecular formula is C17H16O2. The molecule has 0 saturated carbocycles. The molecule has 19 heavy (non-hydrogen) atoms. The van der Waals surface area contributed by atoms with E-state index in [4.69, 9.17) is 4.42 Å². The van der Waals surface area contributed by atoms with E-state index in [1.807, 2.05) is 18.2 Å². The van der Waals surface area contributed by atoms with E-state index in [-0.39, 0.29) is 0 Å². The van der Waals surface area contributed by atoms with E-state index in [1.165, 1.54) is 11.1 Å². The molecule has 3 aromatic rings. The number of aliphatic hydroxyl groups is 1. The van der Waals surface area contributed by atoms with Gasteiger partial charge in [-0.15, -0.1) is 0 Å². The van der Waals surface area contributed by atoms with Crippen molar-refractivity contribution in [1.29, 1.82) is 0 Å². The number of fused-ring (bicyclic) bond motifs is 1. The Morgan fingerprint density at radius 2 is 1.79 bits per heavy atom. The summed E-state index contributed by atoms with van der Waals surface area (Å²) in [4.78, 5) is 0. The highest BCUT2D eigenvalue weighted by Crippen LogP contribution is 2.25. The summed E-state index contributed by atoms with van der Waals surface area (Å²) < 4.78 is 5.58. The van der Waals surface area contributed by atoms with Gasteiger partial charge in [0.05, 0.1) is 0 Å². The molecule has 0 fully saturated rings. The Bertz CT molecular complexity index is 681. The Labute approximate surface area is 112 Å². The molecule has 0 amide bonds. The molecule has 1 heterocycles. The largest absolute Gasteiger partial charge is 0.458 e. The minimum atomic E-state index is -0.565. The molecule has 96 valence electrons. The third-order valence-electron chi connectivity index (χ3n) is 3.26. The van der Waals surface area contributed by atoms with Crippen LogP contribution in [-0.2, 0) is 6.42 Å². The maximum Gasteiger partial charge on any atom is 0.134 e. The molecule has 3 rings (SSSR count). The van der Waals surface area contributed by atoms with Crippen LogP contribution in [0.2, 0.25) is 0 Å². The monoisotopic (exact) mass is 252 g/mol. The fourth-order valence-corrected chi connectivity index (χ4v) is 2.26. The number of rotatable bonds is 3. The molecule has 0 radical (unpaired) electrons. The van der Waals surface area contributed by atoms with E-state index in [1.54, 1.807) is 6.92 Å². The summed E-state index contributed by atoms with van der Waals surface area (Å²) >= 11 is 0. The summed E-state index contributed by atoms with van der Waals surface area (Å²) in [5.74, 6) is 0.617. The first-order valence-corrected chi connectivity index (χ1v) is 6.47. The van der Waals surface area contributed by atoms with Gasteiger partial charge in [0.2, 0.25) is 0 Å². The van der Waals surface area contributed by atoms with Crippen LogP contribution < -0.4 is 0 Å². The zero-order valence-electron chi connectivity index (χ0n) is 10.8. The van der Waals surface area contributed by atoms with Crippen molar-refractivity contribution < 1.29 is 9.52 Å². The summed E-state index contributed by atoms with van der Waals surface area (Å²) in [6.07, 6.45) is 0.344. The van der Waals surface area contributed by atoms with Crippen LogP contribution in [0.4, 0.5) is 0 Å². The molecule has 0 saturated heterocycles. The number of furan rings is 1. The van der Waals surface area contributed by atoms with Crippen molar-refractivity contribution >= 4 is 11.0 Å². The maximum atomic E-state index is 9.54. The molecule has 1 unspecified atom stereocenters. The first-order chi connectivity index (χ1) is 9.22. The fraction of sp³-hybridized carbons (Fsp3) is 0.176. The number of benzene rings is 2. The first kappa shape index (κ1) is 12.0. The SMILES string of the molecule is CC(O)c1cc2cc(Cc3ccccc3)ccc2o1. The smallest absolute Gasteiger partial charge is 0.134 e. The lowest BCUT2D eigenvalue weighted by Gasteiger charge is -2.01. The van der Waals surface area contributed by atoms with Gasteiger partial charge >= 0.3 is 0 Å². The molecule has 0 aliphatic carbocycles. The highest BCUT2D eigenvalue weighted by Gasteiger charge is 2.08. The van der Waals surface area contributed by atoms with Crippen molar-refractivity contribution in [2.45, 2.75) is 19.4 Å². The van der Waals surface area contributed by atoms with Gasteiger partial charge in [0.25, 0.3) is 0 Å². The number of hydrogen-bond acceptors (Lipinski definition) is 2. The van der Waals surface area contributed by atoms with Crippen molar-refractivity contribution in [3.8, 4) is 0 Å². The summed E-state index contributed by atoms with van der Waals surface area (Å²) in [5, 5.41) is 10.6. The lowest BCUT2D eigenvalue weighted by Crippen LogP contribution is -1.86. The van der Waals surface area contributed by atoms with E-state index >= 15 is 0 Å². The number of aliphatic hydroxyl groups excluding tert-OH is 1. The summed E-state index contributed by atoms with van der Waals surface area (Å²) in [5.41, 5.74) is 3.37. The fourth-order valence-electron chi connectivity index (χ4n) is 2.26. The highest BCUT2D eigenvalue weighted by atomic mass is 16.4. The van der Waals surface area contributed by atoms with Gasteiger partial charge in [-0.25, -0.2) is 0 Å². The maximum absolute atomic E-state index is 9.54. The molecule has 1 atom stereocenters. The molecule has 2 nitrogen and oxygen atoms in total. The second-order valence-corrected chi connectivity index (χ2v) is 4.86. The Hall–Kier alpha value is -2.06. The average Bonchev–Trinajstić information content (AvgIpc) is 2.83. The van der Waals surface area contributed by atoms with Gasteiger partial charge in [0, 0.05) is 5.39 Å². The van der Waals surface area contributed by atoms with Gasteiger partial charge in [0.15, 0.2) is 0 Å². The quantitative estimate of drug-likeness (QED) is 0.762. The van der Waals surface area contributed by atoms with Crippen LogP contribution in [0, 0.1) is 0 Å². The van der Waals surface area contributed by atoms with Gasteiger partial charge < -0.3 is 9.52 Å². The van der Waals surface area contributed by atoms with Crippen molar-refractivity contribution in [2.75, 3.05) is 0 Å². The zero-order valence-corrected chi connectivity index (χ0v) is 10.8. The Morgan fingerprint density at radius 3 is 2.53 bits per heavy atom. The molecule has 0 aliphatic rings. The van der Waals surface area contributed by atoms with E-state index in [0.29, 0.717) is 5.76 Å². The van der Waals surface area contributed by atoms with Crippen molar-refractivity contribution in [3.63, 3.8) is 0 Å². The van der Waals surface area contributed by atoms with Crippen LogP contribution in [0.1, 0.15) is 29.9 Å². The molecular weight excluding hydrogens is 236 g/mol. The van der Waals surface area contributed by atoms with E-state index in [2.05, 4.69) is 36.4 Å². The minimum Gasteiger partial charge on any atom is -0.458 e. The van der Waals surface area contributed by atoms with Crippen LogP contribution in [0.25, 0.3) is 11.0 Å². The van der Waals surface area contributed by atoms with Gasteiger partial charge in [0.1, 0.15) is 17.4 Å². The normalized spacial score (nSPS) is 12.7. The highest BCUT2D eigenvalue weighted by molar-refractivity contribution is 5.78. The van der Waals surface area contributed by atoms with Crippen LogP contribution in [0.15, 0.2) is 59.0 Å². The Kier molecular flexibility index (Phi) is 3.10. The minimum absolute atomic E-state index is 0.565. The molecule has 0 spiro atoms. The first-order valence-electron chi connectivity index (χ1n) is 6.47. The van der Waals surface area contributed by atoms with Crippen molar-refractivity contribution in [1.82, 2.24) is 0 Å². The summed E-state index contributed by atoms with van der Waals surface area (Å²) in [6, 6.07) is 18.5. The van der Waals surface area contributed by atoms with Crippen LogP contribution in [0.3, 0.4) is 0 Å². The second-order valence-electron chi connectivity index (χ2n) is 4.86. The van der Waals surface area contributed by atoms with Gasteiger partial charge in [-0.1, -0.05) is 36.4 Å². The average molecular weight is 252 g/mol. The van der Waals surface area contributed by atoms with Gasteiger partial charge in [-0.05, 0) is 42.7 Å². The molecule has 0 bridgehead atoms. The zero-order chi connectivity index (χ0) is 13.2. The lowest BCUT2D eigenvalue weighted by atomic mass is 10.0.